The fourth-order valence-corrected chi connectivity index (χ4v) is 2.71. The van der Waals surface area contributed by atoms with Crippen LogP contribution in [0, 0.1) is 6.92 Å². The topological polar surface area (TPSA) is 64.4 Å². The van der Waals surface area contributed by atoms with E-state index in [1.807, 2.05) is 55.5 Å². The zero-order valence-corrected chi connectivity index (χ0v) is 15.2. The van der Waals surface area contributed by atoms with Crippen LogP contribution in [0.1, 0.15) is 23.9 Å². The Balaban J connectivity index is 1.73. The molecule has 5 heteroatoms. The Morgan fingerprint density at radius 1 is 1.15 bits per heavy atom. The van der Waals surface area contributed by atoms with Gasteiger partial charge in [-0.1, -0.05) is 31.2 Å². The third kappa shape index (κ3) is 3.94. The standard InChI is InChI=1S/C21H22N2O3/c1-4-15-9-11-16(12-10-15)22-20(24)13-18-14(2)26-21(23-18)17-7-5-6-8-19(17)25-3/h5-12H,4,13H2,1-3H3,(H,22,24). The molecule has 5 nitrogen and oxygen atoms in total. The molecule has 0 radical (unpaired) electrons. The summed E-state index contributed by atoms with van der Waals surface area (Å²) in [6, 6.07) is 15.3. The molecule has 1 aromatic heterocycles. The number of oxazole rings is 1. The summed E-state index contributed by atoms with van der Waals surface area (Å²) < 4.78 is 11.1. The zero-order chi connectivity index (χ0) is 18.5. The van der Waals surface area contributed by atoms with E-state index in [0.717, 1.165) is 17.7 Å². The molecule has 1 N–H and O–H groups in total. The van der Waals surface area contributed by atoms with E-state index in [4.69, 9.17) is 9.15 Å². The summed E-state index contributed by atoms with van der Waals surface area (Å²) in [6.45, 7) is 3.91. The van der Waals surface area contributed by atoms with Gasteiger partial charge in [-0.15, -0.1) is 0 Å². The number of nitrogens with zero attached hydrogens (tertiary/aromatic N) is 1. The highest BCUT2D eigenvalue weighted by Gasteiger charge is 2.17. The molecule has 1 amide bonds. The summed E-state index contributed by atoms with van der Waals surface area (Å²) in [5, 5.41) is 2.90. The molecule has 1 heterocycles. The van der Waals surface area contributed by atoms with Crippen molar-refractivity contribution < 1.29 is 13.9 Å². The molecular formula is C21H22N2O3. The Kier molecular flexibility index (Phi) is 5.37. The average Bonchev–Trinajstić information content (AvgIpc) is 3.02. The van der Waals surface area contributed by atoms with Gasteiger partial charge in [0.15, 0.2) is 0 Å². The number of ether oxygens (including phenoxy) is 1. The van der Waals surface area contributed by atoms with Crippen molar-refractivity contribution in [1.29, 1.82) is 0 Å². The molecule has 0 aliphatic heterocycles. The van der Waals surface area contributed by atoms with E-state index in [1.54, 1.807) is 7.11 Å². The first kappa shape index (κ1) is 17.7. The maximum absolute atomic E-state index is 12.3. The highest BCUT2D eigenvalue weighted by atomic mass is 16.5. The van der Waals surface area contributed by atoms with Crippen molar-refractivity contribution in [2.24, 2.45) is 0 Å². The lowest BCUT2D eigenvalue weighted by Gasteiger charge is -2.05. The minimum absolute atomic E-state index is 0.128. The van der Waals surface area contributed by atoms with Crippen molar-refractivity contribution in [1.82, 2.24) is 4.98 Å². The van der Waals surface area contributed by atoms with E-state index in [0.29, 0.717) is 23.1 Å². The Morgan fingerprint density at radius 2 is 1.88 bits per heavy atom. The van der Waals surface area contributed by atoms with Crippen molar-refractivity contribution in [2.75, 3.05) is 12.4 Å². The van der Waals surface area contributed by atoms with Gasteiger partial charge in [0.2, 0.25) is 11.8 Å². The lowest BCUT2D eigenvalue weighted by atomic mass is 10.1. The number of aromatic nitrogens is 1. The Labute approximate surface area is 153 Å². The van der Waals surface area contributed by atoms with Crippen LogP contribution in [0.15, 0.2) is 52.9 Å². The van der Waals surface area contributed by atoms with Crippen molar-refractivity contribution in [3.05, 3.63) is 65.5 Å². The Morgan fingerprint density at radius 3 is 2.58 bits per heavy atom. The molecule has 0 aliphatic rings. The van der Waals surface area contributed by atoms with Gasteiger partial charge in [0.1, 0.15) is 11.5 Å². The second-order valence-corrected chi connectivity index (χ2v) is 6.00. The first-order chi connectivity index (χ1) is 12.6. The van der Waals surface area contributed by atoms with Crippen molar-refractivity contribution >= 4 is 11.6 Å². The fourth-order valence-electron chi connectivity index (χ4n) is 2.71. The monoisotopic (exact) mass is 350 g/mol. The molecule has 0 aliphatic carbocycles. The predicted octanol–water partition coefficient (Wildman–Crippen LogP) is 4.40. The van der Waals surface area contributed by atoms with Gasteiger partial charge in [0.25, 0.3) is 0 Å². The molecule has 3 aromatic rings. The molecular weight excluding hydrogens is 328 g/mol. The summed E-state index contributed by atoms with van der Waals surface area (Å²) in [6.07, 6.45) is 1.12. The molecule has 0 atom stereocenters. The first-order valence-corrected chi connectivity index (χ1v) is 8.59. The number of carbonyl (C=O) groups excluding carboxylic acids is 1. The summed E-state index contributed by atoms with van der Waals surface area (Å²) in [5.41, 5.74) is 3.39. The van der Waals surface area contributed by atoms with Crippen LogP contribution in [-0.2, 0) is 17.6 Å². The lowest BCUT2D eigenvalue weighted by Crippen LogP contribution is -2.15. The van der Waals surface area contributed by atoms with Crippen LogP contribution >= 0.6 is 0 Å². The first-order valence-electron chi connectivity index (χ1n) is 8.59. The Bertz CT molecular complexity index is 898. The van der Waals surface area contributed by atoms with E-state index in [2.05, 4.69) is 17.2 Å². The molecule has 0 saturated heterocycles. The number of rotatable bonds is 6. The fraction of sp³-hybridized carbons (Fsp3) is 0.238. The van der Waals surface area contributed by atoms with Crippen LogP contribution in [0.2, 0.25) is 0 Å². The third-order valence-electron chi connectivity index (χ3n) is 4.20. The van der Waals surface area contributed by atoms with E-state index in [-0.39, 0.29) is 12.3 Å². The molecule has 0 bridgehead atoms. The molecule has 0 fully saturated rings. The predicted molar refractivity (Wildman–Crippen MR) is 101 cm³/mol. The van der Waals surface area contributed by atoms with Gasteiger partial charge in [-0.25, -0.2) is 4.98 Å². The summed E-state index contributed by atoms with van der Waals surface area (Å²) >= 11 is 0. The smallest absolute Gasteiger partial charge is 0.230 e. The molecule has 134 valence electrons. The third-order valence-corrected chi connectivity index (χ3v) is 4.20. The quantitative estimate of drug-likeness (QED) is 0.715. The van der Waals surface area contributed by atoms with Crippen LogP contribution in [0.5, 0.6) is 5.75 Å². The number of benzene rings is 2. The number of nitrogens with one attached hydrogen (secondary N) is 1. The number of hydrogen-bond donors (Lipinski definition) is 1. The van der Waals surface area contributed by atoms with Gasteiger partial charge in [-0.2, -0.15) is 0 Å². The van der Waals surface area contributed by atoms with Gasteiger partial charge < -0.3 is 14.5 Å². The minimum atomic E-state index is -0.128. The number of para-hydroxylation sites is 1. The second kappa shape index (κ2) is 7.87. The van der Waals surface area contributed by atoms with Gasteiger partial charge in [0, 0.05) is 5.69 Å². The minimum Gasteiger partial charge on any atom is -0.496 e. The number of carbonyl (C=O) groups is 1. The second-order valence-electron chi connectivity index (χ2n) is 6.00. The van der Waals surface area contributed by atoms with Gasteiger partial charge in [0.05, 0.1) is 24.8 Å². The number of aryl methyl sites for hydroxylation is 2. The van der Waals surface area contributed by atoms with Crippen LogP contribution in [0.4, 0.5) is 5.69 Å². The van der Waals surface area contributed by atoms with E-state index in [1.165, 1.54) is 5.56 Å². The largest absolute Gasteiger partial charge is 0.496 e. The number of hydrogen-bond acceptors (Lipinski definition) is 4. The maximum Gasteiger partial charge on any atom is 0.230 e. The molecule has 2 aromatic carbocycles. The van der Waals surface area contributed by atoms with Gasteiger partial charge in [-0.3, -0.25) is 4.79 Å². The van der Waals surface area contributed by atoms with Crippen LogP contribution in [0.3, 0.4) is 0 Å². The average molecular weight is 350 g/mol. The number of methoxy groups -OCH3 is 1. The van der Waals surface area contributed by atoms with Gasteiger partial charge in [-0.05, 0) is 43.2 Å². The SMILES string of the molecule is CCc1ccc(NC(=O)Cc2nc(-c3ccccc3OC)oc2C)cc1. The lowest BCUT2D eigenvalue weighted by molar-refractivity contribution is -0.115. The molecule has 0 saturated carbocycles. The van der Waals surface area contributed by atoms with E-state index in [9.17, 15) is 4.79 Å². The van der Waals surface area contributed by atoms with E-state index < -0.39 is 0 Å². The summed E-state index contributed by atoms with van der Waals surface area (Å²) in [4.78, 5) is 16.8. The van der Waals surface area contributed by atoms with Crippen molar-refractivity contribution in [3.8, 4) is 17.2 Å². The molecule has 3 rings (SSSR count). The summed E-state index contributed by atoms with van der Waals surface area (Å²) in [7, 11) is 1.60. The maximum atomic E-state index is 12.3. The van der Waals surface area contributed by atoms with Gasteiger partial charge >= 0.3 is 0 Å². The van der Waals surface area contributed by atoms with E-state index >= 15 is 0 Å². The number of anilines is 1. The van der Waals surface area contributed by atoms with Crippen molar-refractivity contribution in [3.63, 3.8) is 0 Å². The summed E-state index contributed by atoms with van der Waals surface area (Å²) in [5.74, 6) is 1.63. The highest BCUT2D eigenvalue weighted by molar-refractivity contribution is 5.92. The molecule has 26 heavy (non-hydrogen) atoms. The van der Waals surface area contributed by atoms with Crippen molar-refractivity contribution in [2.45, 2.75) is 26.7 Å². The molecule has 0 spiro atoms. The van der Waals surface area contributed by atoms with Crippen LogP contribution in [0.25, 0.3) is 11.5 Å². The highest BCUT2D eigenvalue weighted by Crippen LogP contribution is 2.30. The number of amides is 1. The normalized spacial score (nSPS) is 10.6. The molecule has 0 unspecified atom stereocenters. The van der Waals surface area contributed by atoms with Crippen LogP contribution in [-0.4, -0.2) is 18.0 Å². The van der Waals surface area contributed by atoms with Crippen LogP contribution < -0.4 is 10.1 Å². The zero-order valence-electron chi connectivity index (χ0n) is 15.2. The Hall–Kier alpha value is -3.08.